The Morgan fingerprint density at radius 2 is 2.06 bits per heavy atom. The minimum atomic E-state index is -0.104. The molecular weight excluding hydrogens is 416 g/mol. The van der Waals surface area contributed by atoms with Gasteiger partial charge < -0.3 is 19.9 Å². The highest BCUT2D eigenvalue weighted by Gasteiger charge is 2.12. The van der Waals surface area contributed by atoms with Gasteiger partial charge in [-0.15, -0.1) is 0 Å². The second-order valence-electron chi connectivity index (χ2n) is 5.91. The van der Waals surface area contributed by atoms with E-state index in [-0.39, 0.29) is 25.8 Å². The van der Waals surface area contributed by atoms with Crippen LogP contribution < -0.4 is 14.8 Å². The van der Waals surface area contributed by atoms with Crippen LogP contribution in [0.15, 0.2) is 59.2 Å². The molecule has 0 fully saturated rings. The Kier molecular flexibility index (Phi) is 11.0. The first-order valence-corrected chi connectivity index (χ1v) is 9.65. The molecule has 0 saturated heterocycles. The van der Waals surface area contributed by atoms with Crippen molar-refractivity contribution in [2.24, 2.45) is 9.98 Å². The number of allylic oxidation sites excluding steroid dienone is 1. The lowest BCUT2D eigenvalue weighted by molar-refractivity contribution is 0.200. The first-order chi connectivity index (χ1) is 14.5. The van der Waals surface area contributed by atoms with Crippen LogP contribution in [0, 0.1) is 0 Å². The zero-order valence-electron chi connectivity index (χ0n) is 17.2. The molecule has 1 aromatic carbocycles. The Hall–Kier alpha value is -3.16. The molecule has 2 rings (SSSR count). The van der Waals surface area contributed by atoms with Gasteiger partial charge in [-0.2, -0.15) is 0 Å². The van der Waals surface area contributed by atoms with Crippen LogP contribution in [0.3, 0.4) is 0 Å². The molecule has 0 atom stereocenters. The number of aliphatic hydroxyl groups excluding tert-OH is 1. The summed E-state index contributed by atoms with van der Waals surface area (Å²) < 4.78 is 11.3. The predicted molar refractivity (Wildman–Crippen MR) is 129 cm³/mol. The SMILES string of the molecule is C.C=C(NC(/C=C\C)=NC)c1cc(Oc2cc(OCCO)cnc2Cl)ccc1N=CC. The summed E-state index contributed by atoms with van der Waals surface area (Å²) in [4.78, 5) is 12.6. The fourth-order valence-electron chi connectivity index (χ4n) is 2.47. The van der Waals surface area contributed by atoms with E-state index in [2.05, 4.69) is 26.9 Å². The third kappa shape index (κ3) is 7.55. The average Bonchev–Trinajstić information content (AvgIpc) is 2.75. The maximum atomic E-state index is 8.91. The Bertz CT molecular complexity index is 971. The van der Waals surface area contributed by atoms with Gasteiger partial charge in [0.05, 0.1) is 18.5 Å². The molecular formula is C23H29ClN4O3. The Morgan fingerprint density at radius 1 is 1.29 bits per heavy atom. The van der Waals surface area contributed by atoms with Crippen molar-refractivity contribution in [2.45, 2.75) is 21.3 Å². The minimum Gasteiger partial charge on any atom is -0.489 e. The van der Waals surface area contributed by atoms with Crippen LogP contribution in [0.5, 0.6) is 17.2 Å². The van der Waals surface area contributed by atoms with Crippen molar-refractivity contribution in [3.63, 3.8) is 0 Å². The molecule has 8 heteroatoms. The zero-order valence-corrected chi connectivity index (χ0v) is 18.0. The van der Waals surface area contributed by atoms with E-state index in [0.29, 0.717) is 28.8 Å². The summed E-state index contributed by atoms with van der Waals surface area (Å²) in [6, 6.07) is 7.02. The summed E-state index contributed by atoms with van der Waals surface area (Å²) in [5, 5.41) is 12.3. The summed E-state index contributed by atoms with van der Waals surface area (Å²) in [7, 11) is 1.70. The third-order valence-electron chi connectivity index (χ3n) is 3.78. The van der Waals surface area contributed by atoms with Crippen molar-refractivity contribution in [2.75, 3.05) is 20.3 Å². The summed E-state index contributed by atoms with van der Waals surface area (Å²) in [5.41, 5.74) is 2.08. The van der Waals surface area contributed by atoms with Crippen molar-refractivity contribution in [3.8, 4) is 17.2 Å². The van der Waals surface area contributed by atoms with Gasteiger partial charge in [-0.3, -0.25) is 9.98 Å². The first-order valence-electron chi connectivity index (χ1n) is 9.28. The minimum absolute atomic E-state index is 0. The van der Waals surface area contributed by atoms with Gasteiger partial charge in [0.15, 0.2) is 10.9 Å². The average molecular weight is 445 g/mol. The molecule has 0 bridgehead atoms. The third-order valence-corrected chi connectivity index (χ3v) is 4.06. The molecule has 0 radical (unpaired) electrons. The first kappa shape index (κ1) is 25.9. The van der Waals surface area contributed by atoms with E-state index in [0.717, 1.165) is 11.3 Å². The van der Waals surface area contributed by atoms with Crippen LogP contribution in [0.25, 0.3) is 5.70 Å². The lowest BCUT2D eigenvalue weighted by Gasteiger charge is -2.15. The van der Waals surface area contributed by atoms with E-state index in [1.54, 1.807) is 31.5 Å². The fourth-order valence-corrected chi connectivity index (χ4v) is 2.62. The molecule has 0 saturated carbocycles. The standard InChI is InChI=1S/C22H25ClN4O3.CH4/c1-5-7-21(24-4)27-15(3)18-12-16(8-9-19(18)25-6-2)30-20-13-17(29-11-10-28)14-26-22(20)23;/h5-9,12-14,28H,3,10-11H2,1-2,4H3,(H,24,27);1H4/b7-5-,25-6?;. The van der Waals surface area contributed by atoms with Gasteiger partial charge in [-0.25, -0.2) is 4.98 Å². The number of aromatic nitrogens is 1. The molecule has 2 N–H and O–H groups in total. The molecule has 31 heavy (non-hydrogen) atoms. The lowest BCUT2D eigenvalue weighted by Crippen LogP contribution is -2.19. The number of nitrogens with zero attached hydrogens (tertiary/aromatic N) is 3. The number of hydrogen-bond donors (Lipinski definition) is 2. The lowest BCUT2D eigenvalue weighted by atomic mass is 10.1. The van der Waals surface area contributed by atoms with Gasteiger partial charge in [0.25, 0.3) is 0 Å². The normalized spacial score (nSPS) is 11.5. The van der Waals surface area contributed by atoms with Crippen LogP contribution in [0.1, 0.15) is 26.8 Å². The number of nitrogens with one attached hydrogen (secondary N) is 1. The second kappa shape index (κ2) is 13.2. The van der Waals surface area contributed by atoms with Crippen LogP contribution >= 0.6 is 11.6 Å². The summed E-state index contributed by atoms with van der Waals surface area (Å²) in [6.07, 6.45) is 6.90. The van der Waals surface area contributed by atoms with E-state index < -0.39 is 0 Å². The largest absolute Gasteiger partial charge is 0.489 e. The van der Waals surface area contributed by atoms with Gasteiger partial charge in [0, 0.05) is 30.6 Å². The van der Waals surface area contributed by atoms with Crippen molar-refractivity contribution in [3.05, 3.63) is 59.9 Å². The monoisotopic (exact) mass is 444 g/mol. The number of pyridine rings is 1. The molecule has 166 valence electrons. The Morgan fingerprint density at radius 3 is 2.71 bits per heavy atom. The topological polar surface area (TPSA) is 88.3 Å². The summed E-state index contributed by atoms with van der Waals surface area (Å²) in [5.74, 6) is 1.96. The highest BCUT2D eigenvalue weighted by molar-refractivity contribution is 6.30. The highest BCUT2D eigenvalue weighted by atomic mass is 35.5. The van der Waals surface area contributed by atoms with E-state index >= 15 is 0 Å². The number of halogens is 1. The maximum Gasteiger partial charge on any atom is 0.171 e. The molecule has 1 heterocycles. The molecule has 0 spiro atoms. The Labute approximate surface area is 188 Å². The number of aliphatic hydroxyl groups is 1. The van der Waals surface area contributed by atoms with Crippen LogP contribution in [-0.2, 0) is 0 Å². The maximum absolute atomic E-state index is 8.91. The molecule has 0 amide bonds. The number of amidine groups is 1. The molecule has 0 unspecified atom stereocenters. The smallest absolute Gasteiger partial charge is 0.171 e. The number of hydrogen-bond acceptors (Lipinski definition) is 6. The van der Waals surface area contributed by atoms with E-state index in [9.17, 15) is 0 Å². The van der Waals surface area contributed by atoms with E-state index in [1.165, 1.54) is 6.20 Å². The molecule has 1 aromatic heterocycles. The van der Waals surface area contributed by atoms with E-state index in [1.807, 2.05) is 32.1 Å². The summed E-state index contributed by atoms with van der Waals surface area (Å²) >= 11 is 6.17. The molecule has 2 aromatic rings. The van der Waals surface area contributed by atoms with Crippen LogP contribution in [0.2, 0.25) is 5.15 Å². The number of aliphatic imine (C=N–C) groups is 2. The van der Waals surface area contributed by atoms with Crippen molar-refractivity contribution < 1.29 is 14.6 Å². The van der Waals surface area contributed by atoms with Crippen LogP contribution in [0.4, 0.5) is 5.69 Å². The highest BCUT2D eigenvalue weighted by Crippen LogP contribution is 2.34. The van der Waals surface area contributed by atoms with E-state index in [4.69, 9.17) is 26.2 Å². The summed E-state index contributed by atoms with van der Waals surface area (Å²) in [6.45, 7) is 7.91. The molecule has 0 aliphatic rings. The van der Waals surface area contributed by atoms with Gasteiger partial charge in [0.1, 0.15) is 23.9 Å². The number of ether oxygens (including phenoxy) is 2. The van der Waals surface area contributed by atoms with Gasteiger partial charge in [0.2, 0.25) is 0 Å². The predicted octanol–water partition coefficient (Wildman–Crippen LogP) is 5.42. The zero-order chi connectivity index (χ0) is 21.9. The van der Waals surface area contributed by atoms with Crippen molar-refractivity contribution >= 4 is 35.0 Å². The quantitative estimate of drug-likeness (QED) is 0.306. The number of benzene rings is 1. The number of rotatable bonds is 9. The Balaban J connectivity index is 0.00000480. The molecule has 7 nitrogen and oxygen atoms in total. The molecule has 0 aliphatic carbocycles. The van der Waals surface area contributed by atoms with Crippen molar-refractivity contribution in [1.29, 1.82) is 0 Å². The van der Waals surface area contributed by atoms with Gasteiger partial charge in [-0.05, 0) is 38.1 Å². The second-order valence-corrected chi connectivity index (χ2v) is 6.27. The van der Waals surface area contributed by atoms with Gasteiger partial charge >= 0.3 is 0 Å². The van der Waals surface area contributed by atoms with Crippen LogP contribution in [-0.4, -0.2) is 42.4 Å². The fraction of sp³-hybridized carbons (Fsp3) is 0.261. The molecule has 0 aliphatic heterocycles. The van der Waals surface area contributed by atoms with Crippen molar-refractivity contribution in [1.82, 2.24) is 10.3 Å². The van der Waals surface area contributed by atoms with Gasteiger partial charge in [-0.1, -0.05) is 31.7 Å².